The first-order valence-electron chi connectivity index (χ1n) is 6.90. The van der Waals surface area contributed by atoms with Gasteiger partial charge in [-0.25, -0.2) is 0 Å². The van der Waals surface area contributed by atoms with Crippen LogP contribution in [0.2, 0.25) is 0 Å². The Labute approximate surface area is 114 Å². The van der Waals surface area contributed by atoms with Gasteiger partial charge in [0, 0.05) is 13.7 Å². The van der Waals surface area contributed by atoms with Crippen molar-refractivity contribution in [3.05, 3.63) is 0 Å². The molecule has 1 aliphatic rings. The summed E-state index contributed by atoms with van der Waals surface area (Å²) in [6, 6.07) is 0. The summed E-state index contributed by atoms with van der Waals surface area (Å²) in [6.07, 6.45) is 5.34. The maximum atomic E-state index is 12.1. The molecule has 0 heterocycles. The van der Waals surface area contributed by atoms with E-state index in [4.69, 9.17) is 9.47 Å². The van der Waals surface area contributed by atoms with Crippen molar-refractivity contribution in [3.63, 3.8) is 0 Å². The molecule has 5 heteroatoms. The van der Waals surface area contributed by atoms with Gasteiger partial charge in [0.05, 0.1) is 7.11 Å². The standard InChI is InChI=1S/C14H24O5/c1-18-10-6-5-9-14(12(15)16,13(17)19-2)11-7-3-4-8-11/h11H,3-10H2,1-2H3,(H,15,16). The molecule has 0 saturated heterocycles. The van der Waals surface area contributed by atoms with E-state index in [1.54, 1.807) is 7.11 Å². The number of unbranched alkanes of at least 4 members (excludes halogenated alkanes) is 1. The summed E-state index contributed by atoms with van der Waals surface area (Å²) in [6.45, 7) is 0.585. The molecule has 1 unspecified atom stereocenters. The number of carbonyl (C=O) groups excluding carboxylic acids is 1. The van der Waals surface area contributed by atoms with Crippen molar-refractivity contribution in [1.82, 2.24) is 0 Å². The summed E-state index contributed by atoms with van der Waals surface area (Å²) in [5, 5.41) is 9.61. The molecule has 110 valence electrons. The van der Waals surface area contributed by atoms with Crippen LogP contribution in [0.3, 0.4) is 0 Å². The summed E-state index contributed by atoms with van der Waals surface area (Å²) in [7, 11) is 2.88. The van der Waals surface area contributed by atoms with Crippen molar-refractivity contribution in [2.45, 2.75) is 44.9 Å². The van der Waals surface area contributed by atoms with Crippen LogP contribution in [0.1, 0.15) is 44.9 Å². The zero-order valence-electron chi connectivity index (χ0n) is 11.8. The fourth-order valence-electron chi connectivity index (χ4n) is 3.09. The van der Waals surface area contributed by atoms with E-state index in [-0.39, 0.29) is 5.92 Å². The van der Waals surface area contributed by atoms with Gasteiger partial charge in [-0.15, -0.1) is 0 Å². The molecular formula is C14H24O5. The summed E-state index contributed by atoms with van der Waals surface area (Å²) in [5.74, 6) is -1.73. The van der Waals surface area contributed by atoms with Gasteiger partial charge in [-0.3, -0.25) is 9.59 Å². The van der Waals surface area contributed by atoms with Crippen LogP contribution in [0.25, 0.3) is 0 Å². The first-order valence-corrected chi connectivity index (χ1v) is 6.90. The van der Waals surface area contributed by atoms with Crippen LogP contribution in [-0.4, -0.2) is 37.9 Å². The molecule has 0 bridgehead atoms. The summed E-state index contributed by atoms with van der Waals surface area (Å²) in [5.41, 5.74) is -1.36. The molecule has 5 nitrogen and oxygen atoms in total. The average molecular weight is 272 g/mol. The fraction of sp³-hybridized carbons (Fsp3) is 0.857. The van der Waals surface area contributed by atoms with Gasteiger partial charge in [-0.05, 0) is 38.0 Å². The van der Waals surface area contributed by atoms with Crippen molar-refractivity contribution in [3.8, 4) is 0 Å². The lowest BCUT2D eigenvalue weighted by Gasteiger charge is -2.32. The number of hydrogen-bond acceptors (Lipinski definition) is 4. The van der Waals surface area contributed by atoms with Gasteiger partial charge >= 0.3 is 11.9 Å². The molecule has 1 rings (SSSR count). The Morgan fingerprint density at radius 3 is 2.32 bits per heavy atom. The number of carboxylic acid groups (broad SMARTS) is 1. The molecule has 1 fully saturated rings. The van der Waals surface area contributed by atoms with E-state index < -0.39 is 17.4 Å². The fourth-order valence-corrected chi connectivity index (χ4v) is 3.09. The van der Waals surface area contributed by atoms with Gasteiger partial charge in [-0.2, -0.15) is 0 Å². The molecule has 1 aliphatic carbocycles. The first-order chi connectivity index (χ1) is 9.09. The van der Waals surface area contributed by atoms with Crippen molar-refractivity contribution in [2.75, 3.05) is 20.8 Å². The normalized spacial score (nSPS) is 19.1. The SMILES string of the molecule is COCCCCC(C(=O)O)(C(=O)OC)C1CCCC1. The Bertz CT molecular complexity index is 309. The molecule has 0 aliphatic heterocycles. The molecule has 0 aromatic rings. The van der Waals surface area contributed by atoms with Gasteiger partial charge in [0.15, 0.2) is 5.41 Å². The van der Waals surface area contributed by atoms with Gasteiger partial charge in [0.2, 0.25) is 0 Å². The van der Waals surface area contributed by atoms with E-state index in [2.05, 4.69) is 0 Å². The van der Waals surface area contributed by atoms with Crippen molar-refractivity contribution >= 4 is 11.9 Å². The number of esters is 1. The molecule has 0 radical (unpaired) electrons. The van der Waals surface area contributed by atoms with Gasteiger partial charge in [0.1, 0.15) is 0 Å². The topological polar surface area (TPSA) is 72.8 Å². The third-order valence-corrected chi connectivity index (χ3v) is 4.15. The number of ether oxygens (including phenoxy) is 2. The lowest BCUT2D eigenvalue weighted by molar-refractivity contribution is -0.172. The monoisotopic (exact) mass is 272 g/mol. The second-order valence-corrected chi connectivity index (χ2v) is 5.20. The van der Waals surface area contributed by atoms with Crippen LogP contribution in [0, 0.1) is 11.3 Å². The van der Waals surface area contributed by atoms with Crippen LogP contribution in [0.4, 0.5) is 0 Å². The number of rotatable bonds is 8. The molecule has 0 amide bonds. The number of carboxylic acids is 1. The number of methoxy groups -OCH3 is 2. The number of aliphatic carboxylic acids is 1. The van der Waals surface area contributed by atoms with Gasteiger partial charge < -0.3 is 14.6 Å². The molecule has 0 aromatic carbocycles. The third-order valence-electron chi connectivity index (χ3n) is 4.15. The predicted molar refractivity (Wildman–Crippen MR) is 69.8 cm³/mol. The third kappa shape index (κ3) is 3.47. The van der Waals surface area contributed by atoms with E-state index in [9.17, 15) is 14.7 Å². The van der Waals surface area contributed by atoms with E-state index in [1.807, 2.05) is 0 Å². The maximum Gasteiger partial charge on any atom is 0.323 e. The molecule has 1 saturated carbocycles. The number of hydrogen-bond donors (Lipinski definition) is 1. The summed E-state index contributed by atoms with van der Waals surface area (Å²) in [4.78, 5) is 23.8. The lowest BCUT2D eigenvalue weighted by atomic mass is 9.71. The average Bonchev–Trinajstić information content (AvgIpc) is 2.92. The van der Waals surface area contributed by atoms with Crippen LogP contribution in [0.15, 0.2) is 0 Å². The van der Waals surface area contributed by atoms with E-state index in [1.165, 1.54) is 7.11 Å². The maximum absolute atomic E-state index is 12.1. The Balaban J connectivity index is 2.84. The first kappa shape index (κ1) is 16.0. The molecule has 0 spiro atoms. The van der Waals surface area contributed by atoms with Crippen LogP contribution >= 0.6 is 0 Å². The molecular weight excluding hydrogens is 248 g/mol. The minimum atomic E-state index is -1.36. The zero-order valence-corrected chi connectivity index (χ0v) is 11.8. The Morgan fingerprint density at radius 1 is 1.21 bits per heavy atom. The van der Waals surface area contributed by atoms with Crippen LogP contribution in [-0.2, 0) is 19.1 Å². The summed E-state index contributed by atoms with van der Waals surface area (Å²) >= 11 is 0. The number of carbonyl (C=O) groups is 2. The minimum absolute atomic E-state index is 0.0972. The molecule has 0 aromatic heterocycles. The van der Waals surface area contributed by atoms with Crippen molar-refractivity contribution < 1.29 is 24.2 Å². The zero-order chi connectivity index (χ0) is 14.3. The van der Waals surface area contributed by atoms with Crippen molar-refractivity contribution in [2.24, 2.45) is 11.3 Å². The van der Waals surface area contributed by atoms with Gasteiger partial charge in [-0.1, -0.05) is 12.8 Å². The van der Waals surface area contributed by atoms with Crippen LogP contribution in [0.5, 0.6) is 0 Å². The Morgan fingerprint density at radius 2 is 1.84 bits per heavy atom. The lowest BCUT2D eigenvalue weighted by Crippen LogP contribution is -2.45. The molecule has 19 heavy (non-hydrogen) atoms. The summed E-state index contributed by atoms with van der Waals surface area (Å²) < 4.78 is 9.76. The quantitative estimate of drug-likeness (QED) is 0.417. The highest BCUT2D eigenvalue weighted by Crippen LogP contribution is 2.44. The van der Waals surface area contributed by atoms with E-state index in [0.717, 1.165) is 32.1 Å². The largest absolute Gasteiger partial charge is 0.480 e. The highest BCUT2D eigenvalue weighted by atomic mass is 16.5. The minimum Gasteiger partial charge on any atom is -0.480 e. The van der Waals surface area contributed by atoms with Crippen molar-refractivity contribution in [1.29, 1.82) is 0 Å². The van der Waals surface area contributed by atoms with E-state index in [0.29, 0.717) is 19.4 Å². The molecule has 1 atom stereocenters. The predicted octanol–water partition coefficient (Wildman–Crippen LogP) is 2.24. The van der Waals surface area contributed by atoms with Gasteiger partial charge in [0.25, 0.3) is 0 Å². The van der Waals surface area contributed by atoms with E-state index >= 15 is 0 Å². The highest BCUT2D eigenvalue weighted by molar-refractivity contribution is 5.99. The molecule has 1 N–H and O–H groups in total. The Hall–Kier alpha value is -1.10. The smallest absolute Gasteiger partial charge is 0.323 e. The second kappa shape index (κ2) is 7.48. The second-order valence-electron chi connectivity index (χ2n) is 5.20. The Kier molecular flexibility index (Phi) is 6.28. The van der Waals surface area contributed by atoms with Crippen LogP contribution < -0.4 is 0 Å². The highest BCUT2D eigenvalue weighted by Gasteiger charge is 2.53.